The smallest absolute Gasteiger partial charge is 0.228 e. The number of amides is 1. The maximum Gasteiger partial charge on any atom is 0.228 e. The van der Waals surface area contributed by atoms with Crippen molar-refractivity contribution < 1.29 is 9.18 Å². The van der Waals surface area contributed by atoms with Crippen LogP contribution in [-0.2, 0) is 17.9 Å². The molecule has 1 amide bonds. The molecule has 1 aliphatic rings. The van der Waals surface area contributed by atoms with Crippen molar-refractivity contribution in [2.75, 3.05) is 0 Å². The van der Waals surface area contributed by atoms with Gasteiger partial charge >= 0.3 is 0 Å². The predicted molar refractivity (Wildman–Crippen MR) is 89.3 cm³/mol. The zero-order valence-corrected chi connectivity index (χ0v) is 13.6. The summed E-state index contributed by atoms with van der Waals surface area (Å²) in [5.74, 6) is -0.252. The summed E-state index contributed by atoms with van der Waals surface area (Å²) in [5.41, 5.74) is 1.20. The van der Waals surface area contributed by atoms with E-state index in [1.807, 2.05) is 10.8 Å². The van der Waals surface area contributed by atoms with Crippen LogP contribution in [0.2, 0.25) is 0 Å². The minimum atomic E-state index is -0.320. The fourth-order valence-corrected chi connectivity index (χ4v) is 2.92. The first-order chi connectivity index (χ1) is 12.1. The van der Waals surface area contributed by atoms with Gasteiger partial charge in [-0.3, -0.25) is 4.79 Å². The number of carbonyl (C=O) groups is 1. The van der Waals surface area contributed by atoms with Crippen molar-refractivity contribution >= 4 is 5.91 Å². The molecule has 25 heavy (non-hydrogen) atoms. The Morgan fingerprint density at radius 3 is 2.96 bits per heavy atom. The van der Waals surface area contributed by atoms with E-state index in [1.165, 1.54) is 12.1 Å². The molecule has 1 fully saturated rings. The molecule has 1 aliphatic carbocycles. The van der Waals surface area contributed by atoms with E-state index < -0.39 is 0 Å². The molecule has 1 aromatic carbocycles. The van der Waals surface area contributed by atoms with Crippen LogP contribution in [0.15, 0.2) is 55.4 Å². The van der Waals surface area contributed by atoms with Gasteiger partial charge in [0.05, 0.1) is 23.6 Å². The third-order valence-electron chi connectivity index (χ3n) is 4.54. The Kier molecular flexibility index (Phi) is 3.83. The van der Waals surface area contributed by atoms with Crippen molar-refractivity contribution in [3.63, 3.8) is 0 Å². The van der Waals surface area contributed by atoms with Crippen LogP contribution in [0.1, 0.15) is 18.4 Å². The van der Waals surface area contributed by atoms with Gasteiger partial charge in [0.15, 0.2) is 0 Å². The molecule has 3 aromatic rings. The number of nitrogens with one attached hydrogen (secondary N) is 1. The molecule has 2 heterocycles. The van der Waals surface area contributed by atoms with Crippen LogP contribution < -0.4 is 5.32 Å². The van der Waals surface area contributed by atoms with E-state index in [9.17, 15) is 9.18 Å². The van der Waals surface area contributed by atoms with Gasteiger partial charge in [-0.2, -0.15) is 5.10 Å². The summed E-state index contributed by atoms with van der Waals surface area (Å²) in [7, 11) is 0. The normalized spacial score (nSPS) is 15.1. The molecule has 0 bridgehead atoms. The SMILES string of the molecule is O=C(NCc1cnn(-c2cccc(F)c2)c1)C1(Cn2ccnc2)CC1. The van der Waals surface area contributed by atoms with Crippen molar-refractivity contribution in [3.8, 4) is 5.69 Å². The van der Waals surface area contributed by atoms with E-state index in [2.05, 4.69) is 15.4 Å². The molecule has 0 saturated heterocycles. The van der Waals surface area contributed by atoms with Gasteiger partial charge in [-0.15, -0.1) is 0 Å². The van der Waals surface area contributed by atoms with Gasteiger partial charge in [0.1, 0.15) is 5.82 Å². The molecule has 2 aromatic heterocycles. The molecule has 0 aliphatic heterocycles. The number of halogens is 1. The lowest BCUT2D eigenvalue weighted by atomic mass is 10.1. The number of carbonyl (C=O) groups excluding carboxylic acids is 1. The van der Waals surface area contributed by atoms with E-state index in [4.69, 9.17) is 0 Å². The summed E-state index contributed by atoms with van der Waals surface area (Å²) < 4.78 is 16.8. The Hall–Kier alpha value is -2.96. The van der Waals surface area contributed by atoms with Crippen molar-refractivity contribution in [2.24, 2.45) is 5.41 Å². The van der Waals surface area contributed by atoms with Gasteiger partial charge in [-0.25, -0.2) is 14.1 Å². The highest BCUT2D eigenvalue weighted by Crippen LogP contribution is 2.47. The number of benzene rings is 1. The minimum absolute atomic E-state index is 0.0553. The minimum Gasteiger partial charge on any atom is -0.351 e. The van der Waals surface area contributed by atoms with Crippen LogP contribution in [-0.4, -0.2) is 25.2 Å². The van der Waals surface area contributed by atoms with Crippen LogP contribution in [0.3, 0.4) is 0 Å². The van der Waals surface area contributed by atoms with E-state index in [1.54, 1.807) is 41.7 Å². The van der Waals surface area contributed by atoms with Gasteiger partial charge in [0.25, 0.3) is 0 Å². The van der Waals surface area contributed by atoms with Gasteiger partial charge in [0.2, 0.25) is 5.91 Å². The first-order valence-electron chi connectivity index (χ1n) is 8.18. The molecule has 0 unspecified atom stereocenters. The molecule has 1 N–H and O–H groups in total. The molecular weight excluding hydrogens is 321 g/mol. The lowest BCUT2D eigenvalue weighted by molar-refractivity contribution is -0.127. The fourth-order valence-electron chi connectivity index (χ4n) is 2.92. The second kappa shape index (κ2) is 6.16. The van der Waals surface area contributed by atoms with E-state index in [0.717, 1.165) is 18.4 Å². The second-order valence-corrected chi connectivity index (χ2v) is 6.47. The van der Waals surface area contributed by atoms with Crippen LogP contribution in [0.5, 0.6) is 0 Å². The fraction of sp³-hybridized carbons (Fsp3) is 0.278. The molecule has 6 nitrogen and oxygen atoms in total. The quantitative estimate of drug-likeness (QED) is 0.749. The number of hydrogen-bond donors (Lipinski definition) is 1. The molecule has 0 spiro atoms. The van der Waals surface area contributed by atoms with Crippen molar-refractivity contribution in [3.05, 3.63) is 66.8 Å². The highest BCUT2D eigenvalue weighted by atomic mass is 19.1. The average molecular weight is 339 g/mol. The second-order valence-electron chi connectivity index (χ2n) is 6.47. The van der Waals surface area contributed by atoms with E-state index in [-0.39, 0.29) is 17.1 Å². The summed E-state index contributed by atoms with van der Waals surface area (Å²) in [6.07, 6.45) is 10.6. The Labute approximate surface area is 144 Å². The molecule has 4 rings (SSSR count). The Balaban J connectivity index is 1.38. The number of rotatable bonds is 6. The molecule has 1 saturated carbocycles. The Bertz CT molecular complexity index is 883. The lowest BCUT2D eigenvalue weighted by Crippen LogP contribution is -2.34. The van der Waals surface area contributed by atoms with Gasteiger partial charge in [-0.1, -0.05) is 6.07 Å². The topological polar surface area (TPSA) is 64.7 Å². The Morgan fingerprint density at radius 1 is 1.36 bits per heavy atom. The van der Waals surface area contributed by atoms with Crippen LogP contribution in [0.4, 0.5) is 4.39 Å². The first kappa shape index (κ1) is 15.6. The predicted octanol–water partition coefficient (Wildman–Crippen LogP) is 2.30. The molecule has 128 valence electrons. The number of aromatic nitrogens is 4. The maximum absolute atomic E-state index is 13.3. The lowest BCUT2D eigenvalue weighted by Gasteiger charge is -2.15. The van der Waals surface area contributed by atoms with Crippen molar-refractivity contribution in [1.82, 2.24) is 24.6 Å². The molecule has 0 atom stereocenters. The first-order valence-corrected chi connectivity index (χ1v) is 8.18. The summed E-state index contributed by atoms with van der Waals surface area (Å²) in [5, 5.41) is 7.22. The number of hydrogen-bond acceptors (Lipinski definition) is 3. The van der Waals surface area contributed by atoms with Gasteiger partial charge in [-0.05, 0) is 31.0 Å². The van der Waals surface area contributed by atoms with Gasteiger partial charge < -0.3 is 9.88 Å². The van der Waals surface area contributed by atoms with Crippen LogP contribution >= 0.6 is 0 Å². The van der Waals surface area contributed by atoms with E-state index in [0.29, 0.717) is 18.8 Å². The zero-order chi connectivity index (χ0) is 17.3. The number of nitrogens with zero attached hydrogens (tertiary/aromatic N) is 4. The highest BCUT2D eigenvalue weighted by Gasteiger charge is 2.49. The molecule has 7 heteroatoms. The summed E-state index contributed by atoms with van der Waals surface area (Å²) in [4.78, 5) is 16.5. The third-order valence-corrected chi connectivity index (χ3v) is 4.54. The van der Waals surface area contributed by atoms with Crippen LogP contribution in [0, 0.1) is 11.2 Å². The molecule has 0 radical (unpaired) electrons. The summed E-state index contributed by atoms with van der Waals surface area (Å²) in [6, 6.07) is 6.23. The largest absolute Gasteiger partial charge is 0.351 e. The summed E-state index contributed by atoms with van der Waals surface area (Å²) in [6.45, 7) is 1.06. The van der Waals surface area contributed by atoms with Gasteiger partial charge in [0, 0.05) is 37.2 Å². The highest BCUT2D eigenvalue weighted by molar-refractivity contribution is 5.85. The van der Waals surface area contributed by atoms with E-state index >= 15 is 0 Å². The van der Waals surface area contributed by atoms with Crippen molar-refractivity contribution in [1.29, 1.82) is 0 Å². The maximum atomic E-state index is 13.3. The molecular formula is C18H18FN5O. The monoisotopic (exact) mass is 339 g/mol. The Morgan fingerprint density at radius 2 is 2.24 bits per heavy atom. The van der Waals surface area contributed by atoms with Crippen molar-refractivity contribution in [2.45, 2.75) is 25.9 Å². The summed E-state index contributed by atoms with van der Waals surface area (Å²) >= 11 is 0. The zero-order valence-electron chi connectivity index (χ0n) is 13.6. The van der Waals surface area contributed by atoms with Crippen LogP contribution in [0.25, 0.3) is 5.69 Å². The average Bonchev–Trinajstić information content (AvgIpc) is 3.00. The number of imidazole rings is 1. The third kappa shape index (κ3) is 3.31. The standard InChI is InChI=1S/C18H18FN5O/c19-15-2-1-3-16(8-15)24-11-14(10-22-24)9-21-17(25)18(4-5-18)12-23-7-6-20-13-23/h1-3,6-8,10-11,13H,4-5,9,12H2,(H,21,25).